The Bertz CT molecular complexity index is 1360. The fraction of sp³-hybridized carbons (Fsp3) is 0.448. The molecule has 1 N–H and O–H groups in total. The van der Waals surface area contributed by atoms with E-state index in [0.717, 1.165) is 36.8 Å². The minimum atomic E-state index is -0.137. The number of amides is 1. The lowest BCUT2D eigenvalue weighted by Gasteiger charge is -2.32. The Morgan fingerprint density at radius 3 is 2.42 bits per heavy atom. The summed E-state index contributed by atoms with van der Waals surface area (Å²) in [6, 6.07) is 10.4. The highest BCUT2D eigenvalue weighted by atomic mass is 35.5. The molecule has 3 heterocycles. The van der Waals surface area contributed by atoms with Crippen LogP contribution in [0.3, 0.4) is 0 Å². The Balaban J connectivity index is 1.26. The number of hydrogen-bond acceptors (Lipinski definition) is 6. The Morgan fingerprint density at radius 2 is 1.79 bits per heavy atom. The number of benzene rings is 1. The molecule has 1 aromatic carbocycles. The van der Waals surface area contributed by atoms with Crippen LogP contribution in [0.2, 0.25) is 5.02 Å². The van der Waals surface area contributed by atoms with Crippen LogP contribution in [0.25, 0.3) is 28.0 Å². The van der Waals surface area contributed by atoms with Gasteiger partial charge in [0.25, 0.3) is 6.01 Å². The quantitative estimate of drug-likeness (QED) is 0.408. The van der Waals surface area contributed by atoms with Gasteiger partial charge in [0.15, 0.2) is 5.65 Å². The first-order valence-corrected chi connectivity index (χ1v) is 13.6. The molecule has 3 aromatic rings. The highest BCUT2D eigenvalue weighted by molar-refractivity contribution is 6.33. The molecule has 1 amide bonds. The number of pyridine rings is 1. The molecule has 1 unspecified atom stereocenters. The number of allylic oxidation sites excluding steroid dienone is 2. The smallest absolute Gasteiger partial charge is 0.308 e. The Kier molecular flexibility index (Phi) is 7.70. The van der Waals surface area contributed by atoms with Crippen molar-refractivity contribution in [2.75, 3.05) is 20.2 Å². The fourth-order valence-corrected chi connectivity index (χ4v) is 5.45. The van der Waals surface area contributed by atoms with Crippen LogP contribution < -0.4 is 4.74 Å². The van der Waals surface area contributed by atoms with Crippen LogP contribution in [0.1, 0.15) is 51.5 Å². The highest BCUT2D eigenvalue weighted by Crippen LogP contribution is 2.34. The zero-order valence-corrected chi connectivity index (χ0v) is 22.8. The third kappa shape index (κ3) is 5.55. The second-order valence-electron chi connectivity index (χ2n) is 10.3. The summed E-state index contributed by atoms with van der Waals surface area (Å²) in [7, 11) is 1.44. The SMILES string of the molecule is COC(=O)C1CC=C(c2ccc(-c3nc4nc(OC5CCN(C(=O)C(C)C)CC5)[nH]c4cc3Cl)cc2)CC1. The third-order valence-corrected chi connectivity index (χ3v) is 7.69. The summed E-state index contributed by atoms with van der Waals surface area (Å²) >= 11 is 6.61. The predicted molar refractivity (Wildman–Crippen MR) is 147 cm³/mol. The van der Waals surface area contributed by atoms with Crippen LogP contribution >= 0.6 is 11.6 Å². The number of methoxy groups -OCH3 is 1. The van der Waals surface area contributed by atoms with Gasteiger partial charge in [0.1, 0.15) is 6.10 Å². The maximum Gasteiger partial charge on any atom is 0.308 e. The summed E-state index contributed by atoms with van der Waals surface area (Å²) in [6.45, 7) is 5.23. The Hall–Kier alpha value is -3.39. The van der Waals surface area contributed by atoms with Crippen molar-refractivity contribution < 1.29 is 19.1 Å². The average Bonchev–Trinajstić information content (AvgIpc) is 3.33. The first-order chi connectivity index (χ1) is 18.3. The third-order valence-electron chi connectivity index (χ3n) is 7.41. The molecular weight excluding hydrogens is 504 g/mol. The van der Waals surface area contributed by atoms with Gasteiger partial charge in [-0.05, 0) is 36.5 Å². The van der Waals surface area contributed by atoms with E-state index in [-0.39, 0.29) is 29.8 Å². The minimum Gasteiger partial charge on any atom is -0.469 e. The molecule has 5 rings (SSSR count). The van der Waals surface area contributed by atoms with Crippen molar-refractivity contribution in [2.45, 2.75) is 52.1 Å². The number of nitrogens with one attached hydrogen (secondary N) is 1. The van der Waals surface area contributed by atoms with Crippen molar-refractivity contribution in [3.8, 4) is 17.3 Å². The molecule has 2 aromatic heterocycles. The van der Waals surface area contributed by atoms with E-state index in [4.69, 9.17) is 26.1 Å². The van der Waals surface area contributed by atoms with Gasteiger partial charge in [0, 0.05) is 37.4 Å². The van der Waals surface area contributed by atoms with E-state index < -0.39 is 0 Å². The van der Waals surface area contributed by atoms with Gasteiger partial charge >= 0.3 is 5.97 Å². The lowest BCUT2D eigenvalue weighted by Crippen LogP contribution is -2.43. The molecule has 8 nitrogen and oxygen atoms in total. The number of H-pyrrole nitrogens is 1. The van der Waals surface area contributed by atoms with Crippen molar-refractivity contribution in [3.05, 3.63) is 47.0 Å². The average molecular weight is 537 g/mol. The number of rotatable bonds is 6. The van der Waals surface area contributed by atoms with Gasteiger partial charge in [0.2, 0.25) is 5.91 Å². The molecule has 2 aliphatic rings. The number of likely N-dealkylation sites (tertiary alicyclic amines) is 1. The first-order valence-electron chi connectivity index (χ1n) is 13.2. The lowest BCUT2D eigenvalue weighted by molar-refractivity contribution is -0.145. The van der Waals surface area contributed by atoms with Gasteiger partial charge in [-0.15, -0.1) is 0 Å². The van der Waals surface area contributed by atoms with Crippen LogP contribution in [0.5, 0.6) is 6.01 Å². The highest BCUT2D eigenvalue weighted by Gasteiger charge is 2.26. The molecule has 1 aliphatic heterocycles. The van der Waals surface area contributed by atoms with Crippen molar-refractivity contribution in [1.82, 2.24) is 19.9 Å². The molecule has 0 saturated carbocycles. The molecule has 1 aliphatic carbocycles. The van der Waals surface area contributed by atoms with Crippen molar-refractivity contribution in [1.29, 1.82) is 0 Å². The van der Waals surface area contributed by atoms with E-state index in [1.165, 1.54) is 12.7 Å². The maximum atomic E-state index is 12.2. The molecule has 1 atom stereocenters. The molecular formula is C29H33ClN4O4. The molecule has 200 valence electrons. The molecule has 38 heavy (non-hydrogen) atoms. The van der Waals surface area contributed by atoms with Crippen molar-refractivity contribution in [3.63, 3.8) is 0 Å². The molecule has 1 saturated heterocycles. The fourth-order valence-electron chi connectivity index (χ4n) is 5.19. The van der Waals surface area contributed by atoms with E-state index in [1.54, 1.807) is 0 Å². The number of piperidine rings is 1. The number of carbonyl (C=O) groups is 2. The van der Waals surface area contributed by atoms with Gasteiger partial charge < -0.3 is 19.4 Å². The van der Waals surface area contributed by atoms with Gasteiger partial charge in [-0.3, -0.25) is 9.59 Å². The number of nitrogens with zero attached hydrogens (tertiary/aromatic N) is 3. The number of ether oxygens (including phenoxy) is 2. The summed E-state index contributed by atoms with van der Waals surface area (Å²) in [5, 5.41) is 0.527. The molecule has 0 spiro atoms. The predicted octanol–water partition coefficient (Wildman–Crippen LogP) is 5.66. The largest absolute Gasteiger partial charge is 0.469 e. The number of hydrogen-bond donors (Lipinski definition) is 1. The monoisotopic (exact) mass is 536 g/mol. The zero-order chi connectivity index (χ0) is 26.8. The van der Waals surface area contributed by atoms with E-state index in [0.29, 0.717) is 47.4 Å². The minimum absolute atomic E-state index is 0.00810. The van der Waals surface area contributed by atoms with Crippen LogP contribution in [0, 0.1) is 11.8 Å². The number of aromatic nitrogens is 3. The van der Waals surface area contributed by atoms with Crippen LogP contribution in [0.4, 0.5) is 0 Å². The van der Waals surface area contributed by atoms with Gasteiger partial charge in [-0.25, -0.2) is 4.98 Å². The number of aromatic amines is 1. The number of esters is 1. The second kappa shape index (κ2) is 11.2. The lowest BCUT2D eigenvalue weighted by atomic mass is 9.86. The zero-order valence-electron chi connectivity index (χ0n) is 22.0. The van der Waals surface area contributed by atoms with Crippen molar-refractivity contribution >= 4 is 40.2 Å². The van der Waals surface area contributed by atoms with E-state index in [2.05, 4.69) is 28.2 Å². The molecule has 9 heteroatoms. The summed E-state index contributed by atoms with van der Waals surface area (Å²) in [5.74, 6) is 0.00743. The number of fused-ring (bicyclic) bond motifs is 1. The van der Waals surface area contributed by atoms with Gasteiger partial charge in [-0.2, -0.15) is 4.98 Å². The summed E-state index contributed by atoms with van der Waals surface area (Å²) < 4.78 is 11.0. The maximum absolute atomic E-state index is 12.2. The molecule has 0 radical (unpaired) electrons. The summed E-state index contributed by atoms with van der Waals surface area (Å²) in [5.41, 5.74) is 5.18. The van der Waals surface area contributed by atoms with Crippen LogP contribution in [0.15, 0.2) is 36.4 Å². The van der Waals surface area contributed by atoms with Gasteiger partial charge in [-0.1, -0.05) is 55.8 Å². The normalized spacial score (nSPS) is 18.5. The number of imidazole rings is 1. The van der Waals surface area contributed by atoms with Gasteiger partial charge in [0.05, 0.1) is 29.3 Å². The number of carbonyl (C=O) groups excluding carboxylic acids is 2. The Morgan fingerprint density at radius 1 is 1.08 bits per heavy atom. The topological polar surface area (TPSA) is 97.4 Å². The van der Waals surface area contributed by atoms with Crippen LogP contribution in [-0.2, 0) is 14.3 Å². The van der Waals surface area contributed by atoms with Crippen molar-refractivity contribution in [2.24, 2.45) is 11.8 Å². The molecule has 1 fully saturated rings. The van der Waals surface area contributed by atoms with Crippen LogP contribution in [-0.4, -0.2) is 58.0 Å². The van der Waals surface area contributed by atoms with E-state index >= 15 is 0 Å². The van der Waals surface area contributed by atoms with E-state index in [9.17, 15) is 9.59 Å². The number of halogens is 1. The summed E-state index contributed by atoms with van der Waals surface area (Å²) in [4.78, 5) is 38.4. The molecule has 0 bridgehead atoms. The summed E-state index contributed by atoms with van der Waals surface area (Å²) in [6.07, 6.45) is 5.99. The first kappa shape index (κ1) is 26.2. The van der Waals surface area contributed by atoms with E-state index in [1.807, 2.05) is 36.9 Å². The second-order valence-corrected chi connectivity index (χ2v) is 10.7. The standard InChI is InChI=1S/C29H33ClN4O4/c1-17(2)27(35)34-14-12-22(13-15-34)38-29-31-24-16-23(30)25(32-26(24)33-29)20-8-4-18(5-9-20)19-6-10-21(11-7-19)28(36)37-3/h4-6,8-9,16-17,21-22H,7,10-15H2,1-3H3,(H,31,32,33). The Labute approximate surface area is 227 Å².